The Kier molecular flexibility index (Phi) is 7.05. The van der Waals surface area contributed by atoms with Crippen LogP contribution in [-0.4, -0.2) is 53.6 Å². The molecule has 2 amide bonds. The van der Waals surface area contributed by atoms with Gasteiger partial charge in [-0.05, 0) is 36.7 Å². The molecule has 0 bridgehead atoms. The molecule has 1 heterocycles. The second kappa shape index (κ2) is 8.30. The van der Waals surface area contributed by atoms with E-state index in [4.69, 9.17) is 5.11 Å². The molecule has 0 radical (unpaired) electrons. The van der Waals surface area contributed by atoms with Crippen LogP contribution in [-0.2, 0) is 4.79 Å². The van der Waals surface area contributed by atoms with Gasteiger partial charge in [-0.25, -0.2) is 4.79 Å². The zero-order valence-electron chi connectivity index (χ0n) is 11.7. The molecule has 0 spiro atoms. The zero-order chi connectivity index (χ0) is 14.3. The number of carboxylic acid groups (broad SMARTS) is 1. The molecule has 1 saturated heterocycles. The van der Waals surface area contributed by atoms with Crippen LogP contribution in [0.4, 0.5) is 4.79 Å². The molecular formula is C13H24N2O3S. The molecule has 0 aromatic heterocycles. The van der Waals surface area contributed by atoms with Crippen molar-refractivity contribution >= 4 is 23.8 Å². The van der Waals surface area contributed by atoms with E-state index < -0.39 is 5.97 Å². The van der Waals surface area contributed by atoms with Gasteiger partial charge in [0.25, 0.3) is 0 Å². The minimum absolute atomic E-state index is 0.0123. The number of nitrogens with zero attached hydrogens (tertiary/aromatic N) is 1. The van der Waals surface area contributed by atoms with Gasteiger partial charge < -0.3 is 15.3 Å². The van der Waals surface area contributed by atoms with Crippen LogP contribution in [0.2, 0.25) is 0 Å². The van der Waals surface area contributed by atoms with Crippen molar-refractivity contribution in [1.29, 1.82) is 0 Å². The molecule has 19 heavy (non-hydrogen) atoms. The maximum absolute atomic E-state index is 11.9. The molecular weight excluding hydrogens is 264 g/mol. The Morgan fingerprint density at radius 2 is 2.05 bits per heavy atom. The number of rotatable bonds is 6. The lowest BCUT2D eigenvalue weighted by atomic mass is 9.94. The van der Waals surface area contributed by atoms with E-state index >= 15 is 0 Å². The Bertz CT molecular complexity index is 304. The molecule has 1 fully saturated rings. The van der Waals surface area contributed by atoms with E-state index in [0.717, 1.165) is 18.6 Å². The van der Waals surface area contributed by atoms with Crippen molar-refractivity contribution in [3.63, 3.8) is 0 Å². The van der Waals surface area contributed by atoms with Crippen LogP contribution >= 0.6 is 11.8 Å². The maximum Gasteiger partial charge on any atom is 0.317 e. The summed E-state index contributed by atoms with van der Waals surface area (Å²) in [5, 5.41) is 11.7. The molecule has 0 saturated carbocycles. The summed E-state index contributed by atoms with van der Waals surface area (Å²) in [6.07, 6.45) is 3.87. The van der Waals surface area contributed by atoms with E-state index in [9.17, 15) is 9.59 Å². The van der Waals surface area contributed by atoms with Gasteiger partial charge in [0.2, 0.25) is 0 Å². The van der Waals surface area contributed by atoms with E-state index in [2.05, 4.69) is 18.5 Å². The monoisotopic (exact) mass is 288 g/mol. The van der Waals surface area contributed by atoms with Gasteiger partial charge in [-0.3, -0.25) is 4.79 Å². The van der Waals surface area contributed by atoms with E-state index in [-0.39, 0.29) is 18.4 Å². The number of carbonyl (C=O) groups excluding carboxylic acids is 1. The standard InChI is InChI=1S/C13H24N2O3S/c1-10(9-19-2)8-14-13(18)15-5-3-11(4-6-15)7-12(16)17/h10-11H,3-9H2,1-2H3,(H,14,18)(H,16,17). The summed E-state index contributed by atoms with van der Waals surface area (Å²) in [4.78, 5) is 24.4. The maximum atomic E-state index is 11.9. The molecule has 1 aliphatic rings. The van der Waals surface area contributed by atoms with Crippen LogP contribution in [0.5, 0.6) is 0 Å². The van der Waals surface area contributed by atoms with E-state index in [0.29, 0.717) is 25.6 Å². The summed E-state index contributed by atoms with van der Waals surface area (Å²) in [7, 11) is 0. The normalized spacial score (nSPS) is 18.1. The predicted molar refractivity (Wildman–Crippen MR) is 77.5 cm³/mol. The van der Waals surface area contributed by atoms with Crippen molar-refractivity contribution in [1.82, 2.24) is 10.2 Å². The molecule has 0 aromatic rings. The number of carboxylic acids is 1. The highest BCUT2D eigenvalue weighted by Gasteiger charge is 2.24. The smallest absolute Gasteiger partial charge is 0.317 e. The SMILES string of the molecule is CSCC(C)CNC(=O)N1CCC(CC(=O)O)CC1. The number of hydrogen-bond donors (Lipinski definition) is 2. The molecule has 5 nitrogen and oxygen atoms in total. The lowest BCUT2D eigenvalue weighted by Gasteiger charge is -2.31. The summed E-state index contributed by atoms with van der Waals surface area (Å²) < 4.78 is 0. The van der Waals surface area contributed by atoms with Gasteiger partial charge >= 0.3 is 12.0 Å². The molecule has 1 aliphatic heterocycles. The third-order valence-corrected chi connectivity index (χ3v) is 4.32. The van der Waals surface area contributed by atoms with Crippen molar-refractivity contribution in [2.45, 2.75) is 26.2 Å². The van der Waals surface area contributed by atoms with Gasteiger partial charge in [0.05, 0.1) is 0 Å². The summed E-state index contributed by atoms with van der Waals surface area (Å²) in [5.74, 6) is 0.996. The summed E-state index contributed by atoms with van der Waals surface area (Å²) in [5.41, 5.74) is 0. The first-order valence-corrected chi connectivity index (χ1v) is 8.15. The summed E-state index contributed by atoms with van der Waals surface area (Å²) >= 11 is 1.78. The van der Waals surface area contributed by atoms with Crippen LogP contribution in [0.15, 0.2) is 0 Å². The van der Waals surface area contributed by atoms with Gasteiger partial charge in [-0.1, -0.05) is 6.92 Å². The van der Waals surface area contributed by atoms with Crippen molar-refractivity contribution in [2.75, 3.05) is 31.6 Å². The van der Waals surface area contributed by atoms with Crippen LogP contribution in [0.1, 0.15) is 26.2 Å². The van der Waals surface area contributed by atoms with Gasteiger partial charge in [-0.2, -0.15) is 11.8 Å². The van der Waals surface area contributed by atoms with Crippen LogP contribution in [0.3, 0.4) is 0 Å². The van der Waals surface area contributed by atoms with Crippen LogP contribution < -0.4 is 5.32 Å². The molecule has 0 aliphatic carbocycles. The number of carbonyl (C=O) groups is 2. The highest BCUT2D eigenvalue weighted by Crippen LogP contribution is 2.20. The number of urea groups is 1. The Morgan fingerprint density at radius 3 is 2.58 bits per heavy atom. The Labute approximate surface area is 119 Å². The number of aliphatic carboxylic acids is 1. The third-order valence-electron chi connectivity index (χ3n) is 3.42. The topological polar surface area (TPSA) is 69.6 Å². The van der Waals surface area contributed by atoms with Gasteiger partial charge in [0, 0.05) is 26.1 Å². The Balaban J connectivity index is 2.23. The predicted octanol–water partition coefficient (Wildman–Crippen LogP) is 1.88. The number of hydrogen-bond acceptors (Lipinski definition) is 3. The van der Waals surface area contributed by atoms with Gasteiger partial charge in [0.15, 0.2) is 0 Å². The van der Waals surface area contributed by atoms with Crippen molar-refractivity contribution < 1.29 is 14.7 Å². The number of piperidine rings is 1. The average molecular weight is 288 g/mol. The van der Waals surface area contributed by atoms with Gasteiger partial charge in [0.1, 0.15) is 0 Å². The van der Waals surface area contributed by atoms with Crippen molar-refractivity contribution in [3.8, 4) is 0 Å². The lowest BCUT2D eigenvalue weighted by Crippen LogP contribution is -2.45. The van der Waals surface area contributed by atoms with Crippen LogP contribution in [0.25, 0.3) is 0 Å². The van der Waals surface area contributed by atoms with Crippen molar-refractivity contribution in [2.24, 2.45) is 11.8 Å². The van der Waals surface area contributed by atoms with Crippen molar-refractivity contribution in [3.05, 3.63) is 0 Å². The first kappa shape index (κ1) is 16.1. The average Bonchev–Trinajstić information content (AvgIpc) is 2.36. The highest BCUT2D eigenvalue weighted by atomic mass is 32.2. The molecule has 110 valence electrons. The first-order chi connectivity index (χ1) is 9.02. The molecule has 6 heteroatoms. The first-order valence-electron chi connectivity index (χ1n) is 6.76. The van der Waals surface area contributed by atoms with E-state index in [1.807, 2.05) is 0 Å². The fraction of sp³-hybridized carbons (Fsp3) is 0.846. The fourth-order valence-electron chi connectivity index (χ4n) is 2.30. The van der Waals surface area contributed by atoms with Crippen LogP contribution in [0, 0.1) is 11.8 Å². The second-order valence-corrected chi connectivity index (χ2v) is 6.19. The summed E-state index contributed by atoms with van der Waals surface area (Å²) in [6.45, 7) is 4.16. The van der Waals surface area contributed by atoms with E-state index in [1.54, 1.807) is 16.7 Å². The Hall–Kier alpha value is -0.910. The highest BCUT2D eigenvalue weighted by molar-refractivity contribution is 7.98. The summed E-state index contributed by atoms with van der Waals surface area (Å²) in [6, 6.07) is -0.0123. The molecule has 1 rings (SSSR count). The Morgan fingerprint density at radius 1 is 1.42 bits per heavy atom. The number of thioether (sulfide) groups is 1. The number of nitrogens with one attached hydrogen (secondary N) is 1. The molecule has 2 N–H and O–H groups in total. The lowest BCUT2D eigenvalue weighted by molar-refractivity contribution is -0.138. The fourth-order valence-corrected chi connectivity index (χ4v) is 2.99. The third kappa shape index (κ3) is 6.18. The zero-order valence-corrected chi connectivity index (χ0v) is 12.5. The second-order valence-electron chi connectivity index (χ2n) is 5.27. The quantitative estimate of drug-likeness (QED) is 0.783. The molecule has 1 unspecified atom stereocenters. The number of amides is 2. The largest absolute Gasteiger partial charge is 0.481 e. The van der Waals surface area contributed by atoms with Gasteiger partial charge in [-0.15, -0.1) is 0 Å². The minimum atomic E-state index is -0.742. The minimum Gasteiger partial charge on any atom is -0.481 e. The van der Waals surface area contributed by atoms with E-state index in [1.165, 1.54) is 0 Å². The molecule has 0 aromatic carbocycles. The number of likely N-dealkylation sites (tertiary alicyclic amines) is 1. The molecule has 1 atom stereocenters.